The molecule has 2 N–H and O–H groups in total. The van der Waals surface area contributed by atoms with E-state index in [1.807, 2.05) is 48.5 Å². The molecule has 12 heteroatoms. The van der Waals surface area contributed by atoms with E-state index in [0.29, 0.717) is 12.2 Å². The van der Waals surface area contributed by atoms with E-state index in [1.165, 1.54) is 24.3 Å². The van der Waals surface area contributed by atoms with Crippen LogP contribution in [0.4, 0.5) is 5.69 Å². The lowest BCUT2D eigenvalue weighted by atomic mass is 10.0. The van der Waals surface area contributed by atoms with E-state index < -0.39 is 28.2 Å². The number of rotatable bonds is 8. The fourth-order valence-corrected chi connectivity index (χ4v) is 4.90. The third kappa shape index (κ3) is 5.76. The highest BCUT2D eigenvalue weighted by Crippen LogP contribution is 2.20. The molecule has 3 aromatic rings. The number of ether oxygens (including phenoxy) is 2. The number of nitrogens with zero attached hydrogens (tertiary/aromatic N) is 2. The summed E-state index contributed by atoms with van der Waals surface area (Å²) in [4.78, 5) is 32.3. The quantitative estimate of drug-likeness (QED) is 0.328. The van der Waals surface area contributed by atoms with Crippen LogP contribution in [0.1, 0.15) is 16.7 Å². The van der Waals surface area contributed by atoms with Gasteiger partial charge in [-0.05, 0) is 59.5 Å². The predicted octanol–water partition coefficient (Wildman–Crippen LogP) is 2.19. The third-order valence-corrected chi connectivity index (χ3v) is 7.32. The number of hydrogen-bond acceptors (Lipinski definition) is 10. The van der Waals surface area contributed by atoms with Crippen molar-refractivity contribution >= 4 is 33.6 Å². The van der Waals surface area contributed by atoms with Crippen LogP contribution in [-0.4, -0.2) is 51.3 Å². The Hall–Kier alpha value is -4.42. The Morgan fingerprint density at radius 3 is 2.21 bits per heavy atom. The van der Waals surface area contributed by atoms with E-state index >= 15 is 0 Å². The van der Waals surface area contributed by atoms with Gasteiger partial charge < -0.3 is 19.6 Å². The molecule has 5 rings (SSSR count). The lowest BCUT2D eigenvalue weighted by Gasteiger charge is -2.17. The summed E-state index contributed by atoms with van der Waals surface area (Å²) < 4.78 is 37.7. The zero-order chi connectivity index (χ0) is 26.7. The number of nitrogens with one attached hydrogen (secondary N) is 2. The molecule has 0 amide bonds. The number of carbonyl (C=O) groups excluding carboxylic acids is 2. The molecule has 11 nitrogen and oxygen atoms in total. The molecule has 3 aromatic carbocycles. The fourth-order valence-electron chi connectivity index (χ4n) is 3.88. The molecule has 0 radical (unpaired) electrons. The van der Waals surface area contributed by atoms with Crippen molar-refractivity contribution in [1.29, 1.82) is 0 Å². The summed E-state index contributed by atoms with van der Waals surface area (Å²) in [7, 11) is -2.11. The number of hydrogen-bond donors (Lipinski definition) is 2. The van der Waals surface area contributed by atoms with Gasteiger partial charge in [0.2, 0.25) is 22.2 Å². The monoisotopic (exact) mass is 536 g/mol. The normalized spacial score (nSPS) is 16.8. The lowest BCUT2D eigenvalue weighted by Crippen LogP contribution is -2.36. The average molecular weight is 537 g/mol. The molecule has 0 saturated carbocycles. The molecule has 0 spiro atoms. The zero-order valence-electron chi connectivity index (χ0n) is 20.3. The van der Waals surface area contributed by atoms with Gasteiger partial charge >= 0.3 is 11.9 Å². The van der Waals surface area contributed by atoms with Gasteiger partial charge in [0.15, 0.2) is 0 Å². The van der Waals surface area contributed by atoms with Gasteiger partial charge in [-0.2, -0.15) is 5.06 Å². The van der Waals surface area contributed by atoms with Crippen LogP contribution in [0.25, 0.3) is 0 Å². The summed E-state index contributed by atoms with van der Waals surface area (Å²) in [5.41, 5.74) is 3.69. The first kappa shape index (κ1) is 25.2. The van der Waals surface area contributed by atoms with E-state index in [2.05, 4.69) is 15.0 Å². The predicted molar refractivity (Wildman–Crippen MR) is 136 cm³/mol. The molecular weight excluding hydrogens is 512 g/mol. The number of esters is 1. The summed E-state index contributed by atoms with van der Waals surface area (Å²) >= 11 is 0. The average Bonchev–Trinajstić information content (AvgIpc) is 3.22. The third-order valence-electron chi connectivity index (χ3n) is 5.90. The van der Waals surface area contributed by atoms with Gasteiger partial charge in [-0.3, -0.25) is 0 Å². The Labute approximate surface area is 219 Å². The number of sulfonamides is 1. The Bertz CT molecular complexity index is 1470. The Morgan fingerprint density at radius 1 is 0.921 bits per heavy atom. The van der Waals surface area contributed by atoms with Crippen molar-refractivity contribution in [3.05, 3.63) is 89.5 Å². The number of anilines is 1. The van der Waals surface area contributed by atoms with Gasteiger partial charge in [0, 0.05) is 12.2 Å². The van der Waals surface area contributed by atoms with Crippen LogP contribution in [0.2, 0.25) is 0 Å². The van der Waals surface area contributed by atoms with Crippen LogP contribution in [0.5, 0.6) is 5.75 Å². The molecule has 2 heterocycles. The second kappa shape index (κ2) is 10.5. The first-order chi connectivity index (χ1) is 18.3. The summed E-state index contributed by atoms with van der Waals surface area (Å²) in [5.74, 6) is -1.28. The van der Waals surface area contributed by atoms with Crippen LogP contribution in [0, 0.1) is 0 Å². The van der Waals surface area contributed by atoms with Gasteiger partial charge in [0.05, 0.1) is 12.0 Å². The van der Waals surface area contributed by atoms with Crippen LogP contribution in [0.15, 0.2) is 82.7 Å². The van der Waals surface area contributed by atoms with E-state index in [9.17, 15) is 18.0 Å². The van der Waals surface area contributed by atoms with Crippen molar-refractivity contribution in [2.75, 3.05) is 19.0 Å². The molecular formula is C26H24N4O7S. The van der Waals surface area contributed by atoms with Crippen LogP contribution < -0.4 is 14.8 Å². The molecule has 1 unspecified atom stereocenters. The minimum absolute atomic E-state index is 0.136. The van der Waals surface area contributed by atoms with E-state index in [1.54, 1.807) is 12.1 Å². The number of fused-ring (bicyclic) bond motifs is 2. The highest BCUT2D eigenvalue weighted by molar-refractivity contribution is 7.89. The maximum absolute atomic E-state index is 12.5. The second-order valence-electron chi connectivity index (χ2n) is 8.57. The number of carbonyl (C=O) groups is 2. The summed E-state index contributed by atoms with van der Waals surface area (Å²) in [5, 5.41) is 4.26. The smallest absolute Gasteiger partial charge is 0.441 e. The standard InChI is InChI=1S/C26H24N4O7S/c1-35-21-10-12-22(13-11-21)38(33,34)27-15-19-4-2-17(3-5-19)14-18-6-8-20(9-7-18)28-26-29-23-16-30(26)37-25(32)24(31)36-23/h2-13,23,27H,14-16H2,1H3,(H,28,29). The Balaban J connectivity index is 1.15. The molecule has 2 bridgehead atoms. The van der Waals surface area contributed by atoms with Gasteiger partial charge in [-0.25, -0.2) is 27.7 Å². The number of benzene rings is 3. The highest BCUT2D eigenvalue weighted by Gasteiger charge is 2.38. The molecule has 0 aromatic heterocycles. The van der Waals surface area contributed by atoms with Crippen molar-refractivity contribution in [1.82, 2.24) is 9.79 Å². The molecule has 1 saturated heterocycles. The first-order valence-corrected chi connectivity index (χ1v) is 13.1. The van der Waals surface area contributed by atoms with Gasteiger partial charge in [-0.15, -0.1) is 0 Å². The zero-order valence-corrected chi connectivity index (χ0v) is 21.1. The summed E-state index contributed by atoms with van der Waals surface area (Å²) in [6.07, 6.45) is -0.114. The minimum Gasteiger partial charge on any atom is -0.497 e. The van der Waals surface area contributed by atoms with Crippen LogP contribution in [-0.2, 0) is 42.2 Å². The van der Waals surface area contributed by atoms with Gasteiger partial charge in [0.25, 0.3) is 0 Å². The minimum atomic E-state index is -3.64. The Kier molecular flexibility index (Phi) is 6.99. The first-order valence-electron chi connectivity index (χ1n) is 11.6. The Morgan fingerprint density at radius 2 is 1.55 bits per heavy atom. The van der Waals surface area contributed by atoms with Crippen molar-refractivity contribution in [3.8, 4) is 5.75 Å². The topological polar surface area (TPSA) is 136 Å². The molecule has 196 valence electrons. The molecule has 2 aliphatic rings. The number of methoxy groups -OCH3 is 1. The molecule has 0 aliphatic carbocycles. The van der Waals surface area contributed by atoms with Crippen LogP contribution >= 0.6 is 0 Å². The fraction of sp³-hybridized carbons (Fsp3) is 0.192. The SMILES string of the molecule is COc1ccc(S(=O)(=O)NCc2ccc(Cc3ccc(NC4=NC5CN4OC(=O)C(=O)O5)cc3)cc2)cc1. The number of guanidine groups is 1. The molecule has 2 aliphatic heterocycles. The van der Waals surface area contributed by atoms with Crippen molar-refractivity contribution in [2.45, 2.75) is 24.1 Å². The van der Waals surface area contributed by atoms with Crippen LogP contribution in [0.3, 0.4) is 0 Å². The number of hydroxylamine groups is 2. The lowest BCUT2D eigenvalue weighted by molar-refractivity contribution is -0.179. The maximum atomic E-state index is 12.5. The maximum Gasteiger partial charge on any atom is 0.441 e. The largest absolute Gasteiger partial charge is 0.497 e. The second-order valence-corrected chi connectivity index (χ2v) is 10.3. The van der Waals surface area contributed by atoms with E-state index in [4.69, 9.17) is 14.3 Å². The summed E-state index contributed by atoms with van der Waals surface area (Å²) in [6, 6.07) is 21.6. The summed E-state index contributed by atoms with van der Waals surface area (Å²) in [6.45, 7) is 0.308. The van der Waals surface area contributed by atoms with Gasteiger partial charge in [0.1, 0.15) is 12.3 Å². The van der Waals surface area contributed by atoms with E-state index in [0.717, 1.165) is 22.4 Å². The number of aliphatic imine (C=N–C) groups is 1. The van der Waals surface area contributed by atoms with Crippen molar-refractivity contribution < 1.29 is 32.3 Å². The molecule has 1 atom stereocenters. The molecule has 38 heavy (non-hydrogen) atoms. The molecule has 1 fully saturated rings. The highest BCUT2D eigenvalue weighted by atomic mass is 32.2. The van der Waals surface area contributed by atoms with Crippen molar-refractivity contribution in [3.63, 3.8) is 0 Å². The van der Waals surface area contributed by atoms with E-state index in [-0.39, 0.29) is 23.9 Å². The van der Waals surface area contributed by atoms with Crippen molar-refractivity contribution in [2.24, 2.45) is 4.99 Å². The van der Waals surface area contributed by atoms with Gasteiger partial charge in [-0.1, -0.05) is 36.4 Å².